The topological polar surface area (TPSA) is 56.8 Å². The van der Waals surface area contributed by atoms with Gasteiger partial charge in [-0.15, -0.1) is 0 Å². The van der Waals surface area contributed by atoms with E-state index in [4.69, 9.17) is 9.47 Å². The molecule has 0 saturated heterocycles. The van der Waals surface area contributed by atoms with E-state index < -0.39 is 18.3 Å². The first-order valence-corrected chi connectivity index (χ1v) is 8.41. The van der Waals surface area contributed by atoms with Crippen LogP contribution in [0.15, 0.2) is 42.5 Å². The van der Waals surface area contributed by atoms with Crippen LogP contribution in [-0.2, 0) is 0 Å². The predicted molar refractivity (Wildman–Crippen MR) is 89.9 cm³/mol. The molecule has 26 heavy (non-hydrogen) atoms. The molecule has 4 rings (SSSR count). The summed E-state index contributed by atoms with van der Waals surface area (Å²) in [5.74, 6) is 0.198. The number of carbonyl (C=O) groups excluding carboxylic acids is 1. The fourth-order valence-electron chi connectivity index (χ4n) is 3.31. The van der Waals surface area contributed by atoms with E-state index in [1.165, 1.54) is 24.3 Å². The minimum absolute atomic E-state index is 0.0680. The van der Waals surface area contributed by atoms with Crippen molar-refractivity contribution in [3.63, 3.8) is 0 Å². The van der Waals surface area contributed by atoms with Crippen LogP contribution < -0.4 is 19.5 Å². The van der Waals surface area contributed by atoms with Crippen molar-refractivity contribution in [1.82, 2.24) is 0 Å². The van der Waals surface area contributed by atoms with Crippen molar-refractivity contribution in [3.05, 3.63) is 48.0 Å². The molecule has 5 nitrogen and oxygen atoms in total. The minimum Gasteiger partial charge on any atom is -0.448 e. The fourth-order valence-corrected chi connectivity index (χ4v) is 3.31. The highest BCUT2D eigenvalue weighted by atomic mass is 19.3. The number of halogens is 2. The van der Waals surface area contributed by atoms with E-state index in [2.05, 4.69) is 10.1 Å². The zero-order valence-corrected chi connectivity index (χ0v) is 13.8. The van der Waals surface area contributed by atoms with Crippen molar-refractivity contribution in [2.24, 2.45) is 0 Å². The number of rotatable bonds is 4. The van der Waals surface area contributed by atoms with Crippen LogP contribution in [-0.4, -0.2) is 18.3 Å². The molecule has 0 atom stereocenters. The number of alkyl halides is 2. The summed E-state index contributed by atoms with van der Waals surface area (Å²) in [5, 5.41) is 2.73. The molecule has 1 fully saturated rings. The van der Waals surface area contributed by atoms with E-state index in [-0.39, 0.29) is 11.3 Å². The Morgan fingerprint density at radius 2 is 1.85 bits per heavy atom. The van der Waals surface area contributed by atoms with Crippen molar-refractivity contribution in [1.29, 1.82) is 0 Å². The van der Waals surface area contributed by atoms with Gasteiger partial charge in [-0.25, -0.2) is 0 Å². The van der Waals surface area contributed by atoms with E-state index in [9.17, 15) is 13.6 Å². The number of amides is 1. The Morgan fingerprint density at radius 1 is 1.08 bits per heavy atom. The Morgan fingerprint density at radius 3 is 2.62 bits per heavy atom. The van der Waals surface area contributed by atoms with E-state index in [0.717, 1.165) is 25.7 Å². The Bertz CT molecular complexity index is 834. The third kappa shape index (κ3) is 3.29. The first-order chi connectivity index (χ1) is 12.5. The molecule has 136 valence electrons. The highest BCUT2D eigenvalue weighted by Crippen LogP contribution is 2.47. The molecule has 0 unspecified atom stereocenters. The van der Waals surface area contributed by atoms with E-state index in [1.807, 2.05) is 0 Å². The zero-order valence-electron chi connectivity index (χ0n) is 13.8. The molecular weight excluding hydrogens is 344 g/mol. The van der Waals surface area contributed by atoms with Gasteiger partial charge >= 0.3 is 6.61 Å². The molecule has 1 saturated carbocycles. The maximum atomic E-state index is 12.4. The molecule has 7 heteroatoms. The Balaban J connectivity index is 1.48. The number of ether oxygens (including phenoxy) is 3. The molecule has 2 aliphatic rings. The lowest BCUT2D eigenvalue weighted by molar-refractivity contribution is -0.0716. The minimum atomic E-state index is -2.94. The zero-order chi connectivity index (χ0) is 18.1. The van der Waals surface area contributed by atoms with Crippen molar-refractivity contribution >= 4 is 11.6 Å². The molecule has 0 radical (unpaired) electrons. The molecular formula is C19H17F2NO4. The standard InChI is InChI=1S/C19H17F2NO4/c20-18(21)24-14-5-3-4-12(10-14)17(23)22-13-6-7-15-16(11-13)26-19(25-15)8-1-2-9-19/h3-7,10-11,18H,1-2,8-9H2,(H,22,23). The number of hydrogen-bond acceptors (Lipinski definition) is 4. The van der Waals surface area contributed by atoms with Crippen molar-refractivity contribution in [3.8, 4) is 17.2 Å². The summed E-state index contributed by atoms with van der Waals surface area (Å²) < 4.78 is 40.8. The van der Waals surface area contributed by atoms with Crippen molar-refractivity contribution < 1.29 is 27.8 Å². The Labute approximate surface area is 148 Å². The highest BCUT2D eigenvalue weighted by molar-refractivity contribution is 6.04. The molecule has 1 N–H and O–H groups in total. The molecule has 1 aliphatic heterocycles. The molecule has 2 aromatic carbocycles. The van der Waals surface area contributed by atoms with Crippen molar-refractivity contribution in [2.45, 2.75) is 38.1 Å². The lowest BCUT2D eigenvalue weighted by atomic mass is 10.2. The van der Waals surface area contributed by atoms with Crippen LogP contribution in [0.5, 0.6) is 17.2 Å². The van der Waals surface area contributed by atoms with Gasteiger partial charge in [-0.3, -0.25) is 4.79 Å². The lowest BCUT2D eigenvalue weighted by Crippen LogP contribution is -2.34. The molecule has 1 amide bonds. The van der Waals surface area contributed by atoms with Gasteiger partial charge in [0, 0.05) is 30.2 Å². The van der Waals surface area contributed by atoms with Crippen LogP contribution in [0.1, 0.15) is 36.0 Å². The van der Waals surface area contributed by atoms with Crippen LogP contribution in [0.2, 0.25) is 0 Å². The summed E-state index contributed by atoms with van der Waals surface area (Å²) >= 11 is 0. The van der Waals surface area contributed by atoms with Gasteiger partial charge in [0.1, 0.15) is 5.75 Å². The van der Waals surface area contributed by atoms with Gasteiger partial charge in [-0.05, 0) is 43.2 Å². The molecule has 1 aliphatic carbocycles. The summed E-state index contributed by atoms with van der Waals surface area (Å²) in [4.78, 5) is 12.4. The molecule has 1 heterocycles. The maximum absolute atomic E-state index is 12.4. The van der Waals surface area contributed by atoms with Crippen LogP contribution in [0, 0.1) is 0 Å². The third-order valence-electron chi connectivity index (χ3n) is 4.48. The van der Waals surface area contributed by atoms with Gasteiger partial charge in [0.15, 0.2) is 11.5 Å². The highest BCUT2D eigenvalue weighted by Gasteiger charge is 2.44. The number of benzene rings is 2. The summed E-state index contributed by atoms with van der Waals surface area (Å²) in [6.45, 7) is -2.94. The summed E-state index contributed by atoms with van der Waals surface area (Å²) in [6.07, 6.45) is 3.82. The van der Waals surface area contributed by atoms with Gasteiger partial charge in [-0.1, -0.05) is 6.07 Å². The number of anilines is 1. The number of nitrogens with one attached hydrogen (secondary N) is 1. The normalized spacial score (nSPS) is 16.9. The molecule has 2 aromatic rings. The van der Waals surface area contributed by atoms with E-state index >= 15 is 0 Å². The monoisotopic (exact) mass is 361 g/mol. The SMILES string of the molecule is O=C(Nc1ccc2c(c1)OC1(CCCC1)O2)c1cccc(OC(F)F)c1. The van der Waals surface area contributed by atoms with Gasteiger partial charge in [0.05, 0.1) is 0 Å². The maximum Gasteiger partial charge on any atom is 0.387 e. The van der Waals surface area contributed by atoms with Gasteiger partial charge in [-0.2, -0.15) is 8.78 Å². The second-order valence-electron chi connectivity index (χ2n) is 6.34. The van der Waals surface area contributed by atoms with Gasteiger partial charge in [0.25, 0.3) is 11.7 Å². The molecule has 0 bridgehead atoms. The van der Waals surface area contributed by atoms with E-state index in [1.54, 1.807) is 18.2 Å². The average Bonchev–Trinajstić information content (AvgIpc) is 3.20. The van der Waals surface area contributed by atoms with Crippen LogP contribution in [0.25, 0.3) is 0 Å². The van der Waals surface area contributed by atoms with E-state index in [0.29, 0.717) is 17.2 Å². The molecule has 1 spiro atoms. The number of fused-ring (bicyclic) bond motifs is 1. The van der Waals surface area contributed by atoms with Crippen LogP contribution in [0.3, 0.4) is 0 Å². The summed E-state index contributed by atoms with van der Waals surface area (Å²) in [5.41, 5.74) is 0.751. The Kier molecular flexibility index (Phi) is 4.14. The first-order valence-electron chi connectivity index (χ1n) is 8.41. The molecule has 0 aromatic heterocycles. The van der Waals surface area contributed by atoms with Gasteiger partial charge in [0.2, 0.25) is 0 Å². The van der Waals surface area contributed by atoms with Crippen molar-refractivity contribution in [2.75, 3.05) is 5.32 Å². The number of carbonyl (C=O) groups is 1. The largest absolute Gasteiger partial charge is 0.448 e. The lowest BCUT2D eigenvalue weighted by Gasteiger charge is -2.21. The first kappa shape index (κ1) is 16.6. The summed E-state index contributed by atoms with van der Waals surface area (Å²) in [7, 11) is 0. The quantitative estimate of drug-likeness (QED) is 0.866. The Hall–Kier alpha value is -2.83. The fraction of sp³-hybridized carbons (Fsp3) is 0.316. The second kappa shape index (κ2) is 6.48. The average molecular weight is 361 g/mol. The van der Waals surface area contributed by atoms with Gasteiger partial charge < -0.3 is 19.5 Å². The third-order valence-corrected chi connectivity index (χ3v) is 4.48. The number of hydrogen-bond donors (Lipinski definition) is 1. The van der Waals surface area contributed by atoms with Crippen LogP contribution >= 0.6 is 0 Å². The predicted octanol–water partition coefficient (Wildman–Crippen LogP) is 4.58. The smallest absolute Gasteiger partial charge is 0.387 e. The summed E-state index contributed by atoms with van der Waals surface area (Å²) in [6, 6.07) is 10.8. The second-order valence-corrected chi connectivity index (χ2v) is 6.34. The van der Waals surface area contributed by atoms with Crippen LogP contribution in [0.4, 0.5) is 14.5 Å².